The van der Waals surface area contributed by atoms with E-state index in [2.05, 4.69) is 9.62 Å². The van der Waals surface area contributed by atoms with Crippen LogP contribution in [-0.2, 0) is 14.8 Å². The van der Waals surface area contributed by atoms with E-state index in [0.717, 1.165) is 55.8 Å². The molecule has 2 atom stereocenters. The Labute approximate surface area is 172 Å². The first kappa shape index (κ1) is 20.4. The van der Waals surface area contributed by atoms with Crippen LogP contribution in [0.5, 0.6) is 5.75 Å². The molecule has 0 spiro atoms. The molecule has 0 amide bonds. The van der Waals surface area contributed by atoms with Gasteiger partial charge in [0, 0.05) is 17.6 Å². The maximum absolute atomic E-state index is 11.9. The van der Waals surface area contributed by atoms with Gasteiger partial charge in [-0.15, -0.1) is 0 Å². The number of nitrogens with one attached hydrogen (secondary N) is 1. The number of hydrogen-bond acceptors (Lipinski definition) is 5. The lowest BCUT2D eigenvalue weighted by atomic mass is 9.82. The van der Waals surface area contributed by atoms with E-state index in [1.54, 1.807) is 0 Å². The van der Waals surface area contributed by atoms with Gasteiger partial charge in [0.25, 0.3) is 0 Å². The fourth-order valence-corrected chi connectivity index (χ4v) is 5.82. The second-order valence-corrected chi connectivity index (χ2v) is 10.5. The number of ether oxygens (including phenoxy) is 2. The van der Waals surface area contributed by atoms with Gasteiger partial charge in [-0.1, -0.05) is 11.6 Å². The Morgan fingerprint density at radius 3 is 2.71 bits per heavy atom. The second kappa shape index (κ2) is 8.48. The third-order valence-electron chi connectivity index (χ3n) is 6.23. The minimum absolute atomic E-state index is 0.0311. The zero-order valence-corrected chi connectivity index (χ0v) is 17.8. The van der Waals surface area contributed by atoms with Crippen LogP contribution in [0.4, 0.5) is 0 Å². The number of rotatable bonds is 2. The maximum atomic E-state index is 11.9. The largest absolute Gasteiger partial charge is 0.478 e. The first-order valence-corrected chi connectivity index (χ1v) is 12.4. The lowest BCUT2D eigenvalue weighted by Crippen LogP contribution is -2.58. The summed E-state index contributed by atoms with van der Waals surface area (Å²) >= 11 is 6.27. The Morgan fingerprint density at radius 2 is 1.96 bits per heavy atom. The van der Waals surface area contributed by atoms with Crippen molar-refractivity contribution in [3.63, 3.8) is 0 Å². The van der Waals surface area contributed by atoms with Gasteiger partial charge in [-0.3, -0.25) is 4.90 Å². The van der Waals surface area contributed by atoms with Crippen molar-refractivity contribution < 1.29 is 17.9 Å². The first-order chi connectivity index (χ1) is 13.4. The Bertz CT molecular complexity index is 795. The lowest BCUT2D eigenvalue weighted by Gasteiger charge is -2.42. The predicted molar refractivity (Wildman–Crippen MR) is 109 cm³/mol. The summed E-state index contributed by atoms with van der Waals surface area (Å²) in [5, 5.41) is 0.737. The molecule has 156 valence electrons. The molecular weight excluding hydrogens is 400 g/mol. The van der Waals surface area contributed by atoms with Gasteiger partial charge in [0.15, 0.2) is 0 Å². The molecule has 4 aliphatic rings. The van der Waals surface area contributed by atoms with E-state index >= 15 is 0 Å². The third-order valence-corrected chi connectivity index (χ3v) is 7.20. The summed E-state index contributed by atoms with van der Waals surface area (Å²) in [4.78, 5) is 2.21. The SMILES string of the molecule is CS(=O)(=O)N[C@H]1CCCN2COc3ccc(Cl)cc3[C@H]3CC[C@H](CC3)OC[C@@H]12. The Kier molecular flexibility index (Phi) is 6.18. The minimum Gasteiger partial charge on any atom is -0.478 e. The van der Waals surface area contributed by atoms with Gasteiger partial charge in [0.2, 0.25) is 10.0 Å². The molecule has 1 saturated heterocycles. The molecule has 0 radical (unpaired) electrons. The van der Waals surface area contributed by atoms with Gasteiger partial charge < -0.3 is 9.47 Å². The van der Waals surface area contributed by atoms with Crippen molar-refractivity contribution in [2.45, 2.75) is 62.6 Å². The van der Waals surface area contributed by atoms with Crippen molar-refractivity contribution in [1.29, 1.82) is 0 Å². The van der Waals surface area contributed by atoms with Gasteiger partial charge in [0.05, 0.1) is 25.0 Å². The van der Waals surface area contributed by atoms with E-state index in [-0.39, 0.29) is 18.2 Å². The summed E-state index contributed by atoms with van der Waals surface area (Å²) < 4.78 is 39.1. The highest BCUT2D eigenvalue weighted by atomic mass is 35.5. The molecule has 2 fully saturated rings. The number of benzene rings is 1. The van der Waals surface area contributed by atoms with E-state index in [9.17, 15) is 8.42 Å². The summed E-state index contributed by atoms with van der Waals surface area (Å²) in [6.45, 7) is 1.81. The first-order valence-electron chi connectivity index (χ1n) is 10.1. The van der Waals surface area contributed by atoms with E-state index in [1.165, 1.54) is 11.8 Å². The number of piperidine rings is 1. The molecule has 1 aromatic carbocycles. The second-order valence-electron chi connectivity index (χ2n) is 8.28. The number of sulfonamides is 1. The van der Waals surface area contributed by atoms with Gasteiger partial charge in [-0.2, -0.15) is 0 Å². The summed E-state index contributed by atoms with van der Waals surface area (Å²) in [7, 11) is -3.28. The predicted octanol–water partition coefficient (Wildman–Crippen LogP) is 3.11. The van der Waals surface area contributed by atoms with Gasteiger partial charge >= 0.3 is 0 Å². The Hall–Kier alpha value is -0.860. The zero-order valence-electron chi connectivity index (χ0n) is 16.3. The molecule has 3 heterocycles. The standard InChI is InChI=1S/C20H29ClN2O4S/c1-28(24,25)22-18-3-2-10-23-13-27-20-9-6-15(21)11-17(20)14-4-7-16(8-5-14)26-12-19(18)23/h6,9,11,14,16,18-19,22H,2-5,7-8,10,12-13H2,1H3/t14-,16+,18-,19-/m0/s1. The van der Waals surface area contributed by atoms with Gasteiger partial charge in [0.1, 0.15) is 12.5 Å². The van der Waals surface area contributed by atoms with Crippen LogP contribution >= 0.6 is 11.6 Å². The molecule has 8 heteroatoms. The Balaban J connectivity index is 1.61. The smallest absolute Gasteiger partial charge is 0.209 e. The average Bonchev–Trinajstić information content (AvgIpc) is 2.64. The van der Waals surface area contributed by atoms with Crippen LogP contribution in [0.25, 0.3) is 0 Å². The minimum atomic E-state index is -3.28. The number of hydrogen-bond donors (Lipinski definition) is 1. The summed E-state index contributed by atoms with van der Waals surface area (Å²) in [6, 6.07) is 5.70. The molecule has 0 aromatic heterocycles. The molecule has 1 saturated carbocycles. The maximum Gasteiger partial charge on any atom is 0.209 e. The highest BCUT2D eigenvalue weighted by Crippen LogP contribution is 2.40. The summed E-state index contributed by atoms with van der Waals surface area (Å²) in [6.07, 6.45) is 7.33. The van der Waals surface area contributed by atoms with Crippen LogP contribution < -0.4 is 9.46 Å². The molecule has 2 bridgehead atoms. The highest BCUT2D eigenvalue weighted by Gasteiger charge is 2.35. The van der Waals surface area contributed by atoms with Crippen molar-refractivity contribution in [1.82, 2.24) is 9.62 Å². The lowest BCUT2D eigenvalue weighted by molar-refractivity contribution is -0.0476. The van der Waals surface area contributed by atoms with Crippen LogP contribution in [0.3, 0.4) is 0 Å². The molecule has 6 nitrogen and oxygen atoms in total. The van der Waals surface area contributed by atoms with E-state index in [0.29, 0.717) is 19.3 Å². The topological polar surface area (TPSA) is 67.9 Å². The van der Waals surface area contributed by atoms with Gasteiger partial charge in [-0.25, -0.2) is 13.1 Å². The fourth-order valence-electron chi connectivity index (χ4n) is 4.82. The van der Waals surface area contributed by atoms with Crippen LogP contribution in [0.1, 0.15) is 50.0 Å². The summed E-state index contributed by atoms with van der Waals surface area (Å²) in [5.74, 6) is 1.34. The zero-order chi connectivity index (χ0) is 19.7. The molecule has 1 aliphatic carbocycles. The van der Waals surface area contributed by atoms with Crippen molar-refractivity contribution in [2.75, 3.05) is 26.1 Å². The molecule has 5 rings (SSSR count). The van der Waals surface area contributed by atoms with Crippen molar-refractivity contribution >= 4 is 21.6 Å². The molecule has 28 heavy (non-hydrogen) atoms. The van der Waals surface area contributed by atoms with Gasteiger partial charge in [-0.05, 0) is 68.2 Å². The fraction of sp³-hybridized carbons (Fsp3) is 0.700. The number of fused-ring (bicyclic) bond motifs is 4. The van der Waals surface area contributed by atoms with Crippen LogP contribution in [0, 0.1) is 0 Å². The van der Waals surface area contributed by atoms with Crippen LogP contribution in [0.15, 0.2) is 18.2 Å². The summed E-state index contributed by atoms with van der Waals surface area (Å²) in [5.41, 5.74) is 1.19. The van der Waals surface area contributed by atoms with Crippen molar-refractivity contribution in [2.24, 2.45) is 0 Å². The van der Waals surface area contributed by atoms with Crippen LogP contribution in [-0.4, -0.2) is 57.6 Å². The molecule has 1 aromatic rings. The molecule has 1 N–H and O–H groups in total. The van der Waals surface area contributed by atoms with Crippen LogP contribution in [0.2, 0.25) is 5.02 Å². The van der Waals surface area contributed by atoms with Crippen molar-refractivity contribution in [3.05, 3.63) is 28.8 Å². The normalized spacial score (nSPS) is 31.8. The Morgan fingerprint density at radius 1 is 1.18 bits per heavy atom. The highest BCUT2D eigenvalue weighted by molar-refractivity contribution is 7.88. The van der Waals surface area contributed by atoms with Crippen molar-refractivity contribution in [3.8, 4) is 5.75 Å². The third kappa shape index (κ3) is 4.82. The quantitative estimate of drug-likeness (QED) is 0.783. The number of nitrogens with zero attached hydrogens (tertiary/aromatic N) is 1. The molecular formula is C20H29ClN2O4S. The molecule has 0 unspecified atom stereocenters. The monoisotopic (exact) mass is 428 g/mol. The average molecular weight is 429 g/mol. The van der Waals surface area contributed by atoms with E-state index in [1.807, 2.05) is 18.2 Å². The van der Waals surface area contributed by atoms with E-state index < -0.39 is 10.0 Å². The van der Waals surface area contributed by atoms with E-state index in [4.69, 9.17) is 21.1 Å². The number of halogens is 1. The molecule has 3 aliphatic heterocycles.